The number of hydrogen-bond acceptors (Lipinski definition) is 2. The molecule has 0 fully saturated rings. The first-order valence-electron chi connectivity index (χ1n) is 6.72. The maximum atomic E-state index is 12.4. The van der Waals surface area contributed by atoms with Gasteiger partial charge < -0.3 is 5.32 Å². The highest BCUT2D eigenvalue weighted by molar-refractivity contribution is 7.99. The molecule has 0 bridgehead atoms. The summed E-state index contributed by atoms with van der Waals surface area (Å²) in [5.41, 5.74) is 3.78. The minimum atomic E-state index is -0.0494. The van der Waals surface area contributed by atoms with E-state index in [2.05, 4.69) is 12.2 Å². The van der Waals surface area contributed by atoms with Crippen LogP contribution in [-0.4, -0.2) is 11.7 Å². The highest BCUT2D eigenvalue weighted by Crippen LogP contribution is 2.27. The molecule has 2 rings (SSSR count). The summed E-state index contributed by atoms with van der Waals surface area (Å²) < 4.78 is 0. The van der Waals surface area contributed by atoms with Crippen LogP contribution in [0.1, 0.15) is 28.4 Å². The van der Waals surface area contributed by atoms with Crippen LogP contribution >= 0.6 is 11.8 Å². The summed E-state index contributed by atoms with van der Waals surface area (Å²) in [7, 11) is 0. The average molecular weight is 285 g/mol. The molecule has 20 heavy (non-hydrogen) atoms. The fourth-order valence-electron chi connectivity index (χ4n) is 2.11. The molecule has 0 saturated heterocycles. The van der Waals surface area contributed by atoms with Gasteiger partial charge in [-0.25, -0.2) is 0 Å². The van der Waals surface area contributed by atoms with Gasteiger partial charge in [-0.15, -0.1) is 11.8 Å². The third-order valence-electron chi connectivity index (χ3n) is 3.06. The first kappa shape index (κ1) is 14.7. The zero-order valence-electron chi connectivity index (χ0n) is 12.1. The second-order valence-corrected chi connectivity index (χ2v) is 6.01. The molecule has 0 aliphatic rings. The van der Waals surface area contributed by atoms with Crippen LogP contribution in [0.5, 0.6) is 0 Å². The Bertz CT molecular complexity index is 622. The number of thioether (sulfide) groups is 1. The predicted octanol–water partition coefficient (Wildman–Crippen LogP) is 4.67. The molecule has 1 amide bonds. The average Bonchev–Trinajstić information content (AvgIpc) is 2.41. The largest absolute Gasteiger partial charge is 0.321 e. The molecule has 0 unspecified atom stereocenters. The van der Waals surface area contributed by atoms with Crippen LogP contribution in [0.2, 0.25) is 0 Å². The van der Waals surface area contributed by atoms with Crippen molar-refractivity contribution >= 4 is 23.4 Å². The Morgan fingerprint density at radius 1 is 1.15 bits per heavy atom. The number of rotatable bonds is 4. The van der Waals surface area contributed by atoms with Crippen molar-refractivity contribution in [2.24, 2.45) is 0 Å². The van der Waals surface area contributed by atoms with Gasteiger partial charge in [0.25, 0.3) is 5.91 Å². The molecule has 0 aliphatic carbocycles. The quantitative estimate of drug-likeness (QED) is 0.827. The van der Waals surface area contributed by atoms with Gasteiger partial charge in [-0.1, -0.05) is 36.8 Å². The van der Waals surface area contributed by atoms with E-state index in [1.165, 1.54) is 5.56 Å². The van der Waals surface area contributed by atoms with Gasteiger partial charge in [0, 0.05) is 10.5 Å². The molecule has 2 nitrogen and oxygen atoms in total. The van der Waals surface area contributed by atoms with E-state index in [9.17, 15) is 4.79 Å². The Labute approximate surface area is 124 Å². The monoisotopic (exact) mass is 285 g/mol. The van der Waals surface area contributed by atoms with Gasteiger partial charge in [0.05, 0.1) is 5.69 Å². The molecule has 0 heterocycles. The minimum Gasteiger partial charge on any atom is -0.321 e. The summed E-state index contributed by atoms with van der Waals surface area (Å²) in [5.74, 6) is 0.933. The Morgan fingerprint density at radius 2 is 1.90 bits per heavy atom. The van der Waals surface area contributed by atoms with Crippen LogP contribution in [-0.2, 0) is 0 Å². The zero-order chi connectivity index (χ0) is 14.5. The Balaban J connectivity index is 2.23. The van der Waals surface area contributed by atoms with Crippen LogP contribution in [0.15, 0.2) is 47.4 Å². The summed E-state index contributed by atoms with van der Waals surface area (Å²) in [6.07, 6.45) is 0. The van der Waals surface area contributed by atoms with Crippen LogP contribution in [0.25, 0.3) is 0 Å². The summed E-state index contributed by atoms with van der Waals surface area (Å²) in [4.78, 5) is 13.5. The summed E-state index contributed by atoms with van der Waals surface area (Å²) in [6.45, 7) is 6.10. The van der Waals surface area contributed by atoms with E-state index in [1.807, 2.05) is 56.3 Å². The molecule has 0 spiro atoms. The molecule has 0 radical (unpaired) electrons. The first-order valence-corrected chi connectivity index (χ1v) is 7.71. The lowest BCUT2D eigenvalue weighted by molar-refractivity contribution is 0.102. The molecular weight excluding hydrogens is 266 g/mol. The van der Waals surface area contributed by atoms with Crippen molar-refractivity contribution in [2.75, 3.05) is 11.1 Å². The van der Waals surface area contributed by atoms with Crippen molar-refractivity contribution < 1.29 is 4.79 Å². The maximum Gasteiger partial charge on any atom is 0.255 e. The van der Waals surface area contributed by atoms with E-state index < -0.39 is 0 Å². The van der Waals surface area contributed by atoms with Crippen molar-refractivity contribution in [3.63, 3.8) is 0 Å². The SMILES string of the molecule is CCSc1ccccc1NC(=O)c1ccc(C)cc1C. The zero-order valence-corrected chi connectivity index (χ0v) is 12.9. The van der Waals surface area contributed by atoms with Gasteiger partial charge in [0.15, 0.2) is 0 Å². The van der Waals surface area contributed by atoms with Gasteiger partial charge >= 0.3 is 0 Å². The molecule has 0 atom stereocenters. The van der Waals surface area contributed by atoms with E-state index in [1.54, 1.807) is 11.8 Å². The van der Waals surface area contributed by atoms with Crippen LogP contribution < -0.4 is 5.32 Å². The van der Waals surface area contributed by atoms with Gasteiger partial charge in [0.2, 0.25) is 0 Å². The fourth-order valence-corrected chi connectivity index (χ4v) is 2.87. The summed E-state index contributed by atoms with van der Waals surface area (Å²) >= 11 is 1.73. The second kappa shape index (κ2) is 6.62. The van der Waals surface area contributed by atoms with E-state index in [0.717, 1.165) is 27.5 Å². The molecule has 104 valence electrons. The molecular formula is C17H19NOS. The fraction of sp³-hybridized carbons (Fsp3) is 0.235. The molecule has 0 aromatic heterocycles. The Morgan fingerprint density at radius 3 is 2.60 bits per heavy atom. The lowest BCUT2D eigenvalue weighted by Crippen LogP contribution is -2.14. The van der Waals surface area contributed by atoms with E-state index in [0.29, 0.717) is 0 Å². The van der Waals surface area contributed by atoms with Crippen molar-refractivity contribution in [1.82, 2.24) is 0 Å². The lowest BCUT2D eigenvalue weighted by atomic mass is 10.1. The highest BCUT2D eigenvalue weighted by atomic mass is 32.2. The first-order chi connectivity index (χ1) is 9.61. The van der Waals surface area contributed by atoms with Gasteiger partial charge in [-0.3, -0.25) is 4.79 Å². The van der Waals surface area contributed by atoms with Crippen molar-refractivity contribution in [3.05, 3.63) is 59.2 Å². The summed E-state index contributed by atoms with van der Waals surface area (Å²) in [5, 5.41) is 3.01. The van der Waals surface area contributed by atoms with E-state index in [4.69, 9.17) is 0 Å². The number of anilines is 1. The Kier molecular flexibility index (Phi) is 4.85. The van der Waals surface area contributed by atoms with E-state index >= 15 is 0 Å². The predicted molar refractivity (Wildman–Crippen MR) is 86.7 cm³/mol. The smallest absolute Gasteiger partial charge is 0.255 e. The van der Waals surface area contributed by atoms with Gasteiger partial charge in [0.1, 0.15) is 0 Å². The number of amides is 1. The third kappa shape index (κ3) is 3.42. The number of hydrogen-bond donors (Lipinski definition) is 1. The van der Waals surface area contributed by atoms with Crippen molar-refractivity contribution in [2.45, 2.75) is 25.7 Å². The summed E-state index contributed by atoms with van der Waals surface area (Å²) in [6, 6.07) is 13.8. The number of nitrogens with one attached hydrogen (secondary N) is 1. The molecule has 1 N–H and O–H groups in total. The normalized spacial score (nSPS) is 10.3. The highest BCUT2D eigenvalue weighted by Gasteiger charge is 2.11. The second-order valence-electron chi connectivity index (χ2n) is 4.70. The van der Waals surface area contributed by atoms with Crippen LogP contribution in [0.3, 0.4) is 0 Å². The van der Waals surface area contributed by atoms with Gasteiger partial charge in [-0.2, -0.15) is 0 Å². The lowest BCUT2D eigenvalue weighted by Gasteiger charge is -2.11. The molecule has 2 aromatic rings. The minimum absolute atomic E-state index is 0.0494. The molecule has 0 saturated carbocycles. The number of carbonyl (C=O) groups is 1. The molecule has 3 heteroatoms. The maximum absolute atomic E-state index is 12.4. The van der Waals surface area contributed by atoms with Crippen LogP contribution in [0, 0.1) is 13.8 Å². The number of para-hydroxylation sites is 1. The van der Waals surface area contributed by atoms with Crippen molar-refractivity contribution in [3.8, 4) is 0 Å². The van der Waals surface area contributed by atoms with Crippen molar-refractivity contribution in [1.29, 1.82) is 0 Å². The molecule has 0 aliphatic heterocycles. The number of benzene rings is 2. The number of aryl methyl sites for hydroxylation is 2. The van der Waals surface area contributed by atoms with Crippen LogP contribution in [0.4, 0.5) is 5.69 Å². The third-order valence-corrected chi connectivity index (χ3v) is 4.02. The topological polar surface area (TPSA) is 29.1 Å². The standard InChI is InChI=1S/C17H19NOS/c1-4-20-16-8-6-5-7-15(16)18-17(19)14-10-9-12(2)11-13(14)3/h5-11H,4H2,1-3H3,(H,18,19). The molecule has 2 aromatic carbocycles. The number of carbonyl (C=O) groups excluding carboxylic acids is 1. The van der Waals surface area contributed by atoms with Gasteiger partial charge in [-0.05, 0) is 43.4 Å². The Hall–Kier alpha value is -1.74. The van der Waals surface area contributed by atoms with E-state index in [-0.39, 0.29) is 5.91 Å².